The van der Waals surface area contributed by atoms with Crippen LogP contribution in [-0.2, 0) is 21.9 Å². The second-order valence-corrected chi connectivity index (χ2v) is 13.7. The van der Waals surface area contributed by atoms with E-state index in [4.69, 9.17) is 0 Å². The van der Waals surface area contributed by atoms with Crippen molar-refractivity contribution < 1.29 is 35.9 Å². The number of hydrogen-bond donors (Lipinski definition) is 0. The third kappa shape index (κ3) is 9.64. The number of halogens is 6. The Balaban J connectivity index is 1.12. The maximum Gasteiger partial charge on any atom is 0.417 e. The predicted octanol–water partition coefficient (Wildman–Crippen LogP) is 8.60. The molecule has 0 atom stereocenters. The molecule has 2 fully saturated rings. The molecule has 6 nitrogen and oxygen atoms in total. The van der Waals surface area contributed by atoms with Gasteiger partial charge in [0, 0.05) is 85.7 Å². The normalized spacial score (nSPS) is 15.8. The molecule has 2 saturated heterocycles. The maximum absolute atomic E-state index is 14.2. The highest BCUT2D eigenvalue weighted by molar-refractivity contribution is 7.99. The minimum absolute atomic E-state index is 0.0839. The first-order valence-electron chi connectivity index (χ1n) is 17.0. The van der Waals surface area contributed by atoms with E-state index in [-0.39, 0.29) is 22.9 Å². The lowest BCUT2D eigenvalue weighted by Crippen LogP contribution is -2.48. The van der Waals surface area contributed by atoms with Crippen molar-refractivity contribution in [3.05, 3.63) is 131 Å². The van der Waals surface area contributed by atoms with E-state index in [2.05, 4.69) is 9.80 Å². The molecule has 2 amide bonds. The van der Waals surface area contributed by atoms with Gasteiger partial charge in [-0.15, -0.1) is 0 Å². The Morgan fingerprint density at radius 2 is 0.868 bits per heavy atom. The van der Waals surface area contributed by atoms with Crippen LogP contribution in [0.15, 0.2) is 119 Å². The molecule has 0 aliphatic carbocycles. The SMILES string of the molecule is O=C(/C=C/c1ccc(Sc2ccc(/C=C/C(=O)N3CCN(c4ccccc4)CC3)cc2C(F)(F)F)c(C(F)(F)F)c1)N1CCN(c2ccccc2)CC1. The van der Waals surface area contributed by atoms with E-state index in [0.717, 1.165) is 35.6 Å². The zero-order chi connectivity index (χ0) is 37.6. The molecule has 0 saturated carbocycles. The number of anilines is 2. The van der Waals surface area contributed by atoms with Gasteiger partial charge in [0.1, 0.15) is 0 Å². The van der Waals surface area contributed by atoms with Crippen LogP contribution in [0.5, 0.6) is 0 Å². The van der Waals surface area contributed by atoms with Crippen molar-refractivity contribution in [1.29, 1.82) is 0 Å². The largest absolute Gasteiger partial charge is 0.417 e. The lowest BCUT2D eigenvalue weighted by molar-refractivity contribution is -0.140. The third-order valence-electron chi connectivity index (χ3n) is 9.10. The summed E-state index contributed by atoms with van der Waals surface area (Å²) in [6, 6.07) is 26.0. The number of hydrogen-bond acceptors (Lipinski definition) is 5. The predicted molar refractivity (Wildman–Crippen MR) is 196 cm³/mol. The Labute approximate surface area is 308 Å². The van der Waals surface area contributed by atoms with Gasteiger partial charge in [-0.2, -0.15) is 26.3 Å². The van der Waals surface area contributed by atoms with Crippen LogP contribution >= 0.6 is 11.8 Å². The van der Waals surface area contributed by atoms with Gasteiger partial charge in [0.05, 0.1) is 11.1 Å². The standard InChI is InChI=1S/C40H36F6N4O2S/c41-39(42,43)33-27-29(13-17-37(51)49-23-19-47(20-24-49)31-7-3-1-4-8-31)11-15-35(33)53-36-16-12-30(28-34(36)40(44,45)46)14-18-38(52)50-25-21-48(22-26-50)32-9-5-2-6-10-32/h1-18,27-28H,19-26H2/b17-13+,18-14+. The summed E-state index contributed by atoms with van der Waals surface area (Å²) in [5.41, 5.74) is 0.00637. The summed E-state index contributed by atoms with van der Waals surface area (Å²) in [7, 11) is 0. The molecular weight excluding hydrogens is 715 g/mol. The molecule has 0 radical (unpaired) electrons. The van der Waals surface area contributed by atoms with Crippen molar-refractivity contribution in [3.63, 3.8) is 0 Å². The molecule has 0 aromatic heterocycles. The zero-order valence-electron chi connectivity index (χ0n) is 28.5. The number of alkyl halides is 6. The lowest BCUT2D eigenvalue weighted by Gasteiger charge is -2.35. The van der Waals surface area contributed by atoms with E-state index in [1.54, 1.807) is 9.80 Å². The molecule has 4 aromatic rings. The number of para-hydroxylation sites is 2. The highest BCUT2D eigenvalue weighted by Gasteiger charge is 2.37. The monoisotopic (exact) mass is 750 g/mol. The molecule has 276 valence electrons. The maximum atomic E-state index is 14.2. The van der Waals surface area contributed by atoms with Crippen molar-refractivity contribution in [2.75, 3.05) is 62.2 Å². The van der Waals surface area contributed by atoms with E-state index >= 15 is 0 Å². The molecule has 0 unspecified atom stereocenters. The molecule has 2 aliphatic rings. The van der Waals surface area contributed by atoms with Crippen LogP contribution in [0.3, 0.4) is 0 Å². The van der Waals surface area contributed by atoms with Crippen molar-refractivity contribution >= 4 is 47.1 Å². The van der Waals surface area contributed by atoms with Crippen LogP contribution in [-0.4, -0.2) is 74.0 Å². The summed E-state index contributed by atoms with van der Waals surface area (Å²) in [6.45, 7) is 4.21. The molecule has 6 rings (SSSR count). The minimum Gasteiger partial charge on any atom is -0.368 e. The third-order valence-corrected chi connectivity index (χ3v) is 10.3. The number of nitrogens with zero attached hydrogens (tertiary/aromatic N) is 4. The molecule has 4 aromatic carbocycles. The molecule has 0 spiro atoms. The van der Waals surface area contributed by atoms with Crippen LogP contribution in [0, 0.1) is 0 Å². The first-order valence-corrected chi connectivity index (χ1v) is 17.8. The topological polar surface area (TPSA) is 47.1 Å². The Hall–Kier alpha value is -5.17. The average molecular weight is 751 g/mol. The van der Waals surface area contributed by atoms with Gasteiger partial charge in [0.25, 0.3) is 0 Å². The minimum atomic E-state index is -4.88. The van der Waals surface area contributed by atoms with Crippen LogP contribution < -0.4 is 9.80 Å². The molecule has 2 aliphatic heterocycles. The summed E-state index contributed by atoms with van der Waals surface area (Å²) in [5.74, 6) is -0.693. The van der Waals surface area contributed by atoms with Crippen LogP contribution in [0.25, 0.3) is 12.2 Å². The van der Waals surface area contributed by atoms with Gasteiger partial charge in [-0.05, 0) is 71.8 Å². The molecular formula is C40H36F6N4O2S. The quantitative estimate of drug-likeness (QED) is 0.133. The van der Waals surface area contributed by atoms with E-state index in [1.807, 2.05) is 60.7 Å². The highest BCUT2D eigenvalue weighted by atomic mass is 32.2. The van der Waals surface area contributed by atoms with Crippen molar-refractivity contribution in [2.45, 2.75) is 22.1 Å². The van der Waals surface area contributed by atoms with Crippen LogP contribution in [0.2, 0.25) is 0 Å². The van der Waals surface area contributed by atoms with Gasteiger partial charge >= 0.3 is 12.4 Å². The Morgan fingerprint density at radius 3 is 1.21 bits per heavy atom. The number of rotatable bonds is 8. The molecule has 0 N–H and O–H groups in total. The fourth-order valence-corrected chi connectivity index (χ4v) is 7.31. The summed E-state index contributed by atoms with van der Waals surface area (Å²) < 4.78 is 85.5. The van der Waals surface area contributed by atoms with Gasteiger partial charge in [-0.25, -0.2) is 0 Å². The zero-order valence-corrected chi connectivity index (χ0v) is 29.3. The fourth-order valence-electron chi connectivity index (χ4n) is 6.24. The highest BCUT2D eigenvalue weighted by Crippen LogP contribution is 2.44. The fraction of sp³-hybridized carbons (Fsp3) is 0.250. The number of carbonyl (C=O) groups excluding carboxylic acids is 2. The van der Waals surface area contributed by atoms with Gasteiger partial charge in [0.2, 0.25) is 11.8 Å². The van der Waals surface area contributed by atoms with E-state index in [0.29, 0.717) is 64.1 Å². The first-order chi connectivity index (χ1) is 25.3. The van der Waals surface area contributed by atoms with Gasteiger partial charge < -0.3 is 19.6 Å². The summed E-state index contributed by atoms with van der Waals surface area (Å²) in [5, 5.41) is 0. The first kappa shape index (κ1) is 37.6. The lowest BCUT2D eigenvalue weighted by atomic mass is 10.1. The van der Waals surface area contributed by atoms with Gasteiger partial charge in [-0.1, -0.05) is 60.3 Å². The van der Waals surface area contributed by atoms with Gasteiger partial charge in [-0.3, -0.25) is 9.59 Å². The van der Waals surface area contributed by atoms with Crippen LogP contribution in [0.1, 0.15) is 22.3 Å². The smallest absolute Gasteiger partial charge is 0.368 e. The summed E-state index contributed by atoms with van der Waals surface area (Å²) >= 11 is 0.355. The summed E-state index contributed by atoms with van der Waals surface area (Å²) in [4.78, 5) is 32.4. The molecule has 2 heterocycles. The Kier molecular flexibility index (Phi) is 11.5. The molecule has 53 heavy (non-hydrogen) atoms. The number of piperazine rings is 2. The van der Waals surface area contributed by atoms with E-state index in [9.17, 15) is 35.9 Å². The average Bonchev–Trinajstić information content (AvgIpc) is 3.16. The van der Waals surface area contributed by atoms with Crippen molar-refractivity contribution in [3.8, 4) is 0 Å². The number of benzene rings is 4. The van der Waals surface area contributed by atoms with Crippen molar-refractivity contribution in [2.24, 2.45) is 0 Å². The number of amides is 2. The van der Waals surface area contributed by atoms with Crippen LogP contribution in [0.4, 0.5) is 37.7 Å². The number of carbonyl (C=O) groups is 2. The Bertz CT molecular complexity index is 1810. The molecule has 0 bridgehead atoms. The summed E-state index contributed by atoms with van der Waals surface area (Å²) in [6.07, 6.45) is -4.77. The second kappa shape index (κ2) is 16.2. The molecule has 13 heteroatoms. The van der Waals surface area contributed by atoms with E-state index in [1.165, 1.54) is 36.4 Å². The Morgan fingerprint density at radius 1 is 0.509 bits per heavy atom. The van der Waals surface area contributed by atoms with Crippen molar-refractivity contribution in [1.82, 2.24) is 9.80 Å². The second-order valence-electron chi connectivity index (χ2n) is 12.6. The van der Waals surface area contributed by atoms with Gasteiger partial charge in [0.15, 0.2) is 0 Å². The van der Waals surface area contributed by atoms with E-state index < -0.39 is 33.3 Å².